The van der Waals surface area contributed by atoms with E-state index in [9.17, 15) is 5.11 Å². The molecule has 1 atom stereocenters. The number of anilines is 2. The van der Waals surface area contributed by atoms with Crippen molar-refractivity contribution in [2.75, 3.05) is 30.4 Å². The Bertz CT molecular complexity index is 1070. The van der Waals surface area contributed by atoms with Crippen molar-refractivity contribution >= 4 is 35.2 Å². The highest BCUT2D eigenvalue weighted by atomic mass is 16.5. The van der Waals surface area contributed by atoms with Gasteiger partial charge in [0.1, 0.15) is 12.8 Å². The fraction of sp³-hybridized carbons (Fsp3) is 0.200. The summed E-state index contributed by atoms with van der Waals surface area (Å²) in [5.74, 6) is 2.67. The number of benzene rings is 1. The Hall–Kier alpha value is -3.56. The number of ether oxygens (including phenoxy) is 1. The first kappa shape index (κ1) is 17.5. The van der Waals surface area contributed by atoms with Crippen LogP contribution in [-0.4, -0.2) is 48.3 Å². The monoisotopic (exact) mass is 390 g/mol. The maximum Gasteiger partial charge on any atom is 0.287 e. The largest absolute Gasteiger partial charge is 0.488 e. The van der Waals surface area contributed by atoms with Crippen molar-refractivity contribution in [2.24, 2.45) is 15.1 Å². The van der Waals surface area contributed by atoms with Crippen LogP contribution in [0, 0.1) is 0 Å². The van der Waals surface area contributed by atoms with Crippen molar-refractivity contribution in [2.45, 2.75) is 6.61 Å². The van der Waals surface area contributed by atoms with Crippen LogP contribution >= 0.6 is 0 Å². The Morgan fingerprint density at radius 2 is 2.14 bits per heavy atom. The third-order valence-electron chi connectivity index (χ3n) is 5.03. The maximum atomic E-state index is 9.20. The van der Waals surface area contributed by atoms with E-state index in [-0.39, 0.29) is 11.2 Å². The van der Waals surface area contributed by atoms with E-state index in [0.29, 0.717) is 18.4 Å². The third-order valence-corrected chi connectivity index (χ3v) is 5.03. The number of hydrogen-bond acceptors (Lipinski definition) is 8. The second kappa shape index (κ2) is 6.80. The van der Waals surface area contributed by atoms with Gasteiger partial charge in [-0.1, -0.05) is 16.7 Å². The van der Waals surface area contributed by atoms with Gasteiger partial charge in [-0.25, -0.2) is 4.98 Å². The first-order valence-corrected chi connectivity index (χ1v) is 9.28. The quantitative estimate of drug-likeness (QED) is 0.783. The van der Waals surface area contributed by atoms with Gasteiger partial charge in [-0.3, -0.25) is 4.99 Å². The van der Waals surface area contributed by atoms with Crippen molar-refractivity contribution in [3.8, 4) is 5.75 Å². The smallest absolute Gasteiger partial charge is 0.287 e. The van der Waals surface area contributed by atoms with E-state index in [1.54, 1.807) is 18.6 Å². The molecule has 1 unspecified atom stereocenters. The summed E-state index contributed by atoms with van der Waals surface area (Å²) in [4.78, 5) is 15.5. The Balaban J connectivity index is 1.51. The fourth-order valence-corrected chi connectivity index (χ4v) is 3.44. The van der Waals surface area contributed by atoms with Gasteiger partial charge in [0.05, 0.1) is 31.6 Å². The molecule has 0 aliphatic carbocycles. The van der Waals surface area contributed by atoms with E-state index in [1.165, 1.54) is 0 Å². The van der Waals surface area contributed by atoms with Gasteiger partial charge < -0.3 is 20.1 Å². The second-order valence-corrected chi connectivity index (χ2v) is 6.92. The first-order chi connectivity index (χ1) is 14.2. The maximum absolute atomic E-state index is 9.20. The molecule has 3 aliphatic heterocycles. The highest BCUT2D eigenvalue weighted by Gasteiger charge is 2.44. The van der Waals surface area contributed by atoms with Crippen LogP contribution in [0.2, 0.25) is 0 Å². The number of nitrogens with one attached hydrogen (secondary N) is 1. The van der Waals surface area contributed by atoms with Gasteiger partial charge in [0.2, 0.25) is 0 Å². The molecule has 0 spiro atoms. The van der Waals surface area contributed by atoms with E-state index in [1.807, 2.05) is 43.6 Å². The summed E-state index contributed by atoms with van der Waals surface area (Å²) in [5.41, 5.74) is 2.49. The summed E-state index contributed by atoms with van der Waals surface area (Å²) in [6, 6.07) is 9.42. The van der Waals surface area contributed by atoms with Crippen LogP contribution in [-0.2, 0) is 6.61 Å². The molecule has 5 rings (SSSR count). The van der Waals surface area contributed by atoms with Gasteiger partial charge in [-0.2, -0.15) is 4.99 Å². The summed E-state index contributed by atoms with van der Waals surface area (Å²) in [6.45, 7) is 1.43. The molecule has 9 nitrogen and oxygen atoms in total. The Morgan fingerprint density at radius 1 is 1.28 bits per heavy atom. The summed E-state index contributed by atoms with van der Waals surface area (Å²) in [5, 5.41) is 17.2. The summed E-state index contributed by atoms with van der Waals surface area (Å²) in [7, 11) is 2.00. The number of aliphatic hydroxyl groups excluding tert-OH is 1. The molecule has 0 amide bonds. The highest BCUT2D eigenvalue weighted by Crippen LogP contribution is 2.37. The number of quaternary nitrogens is 1. The molecule has 29 heavy (non-hydrogen) atoms. The lowest BCUT2D eigenvalue weighted by molar-refractivity contribution is 0.282. The van der Waals surface area contributed by atoms with Crippen molar-refractivity contribution in [1.29, 1.82) is 0 Å². The number of amidine groups is 1. The summed E-state index contributed by atoms with van der Waals surface area (Å²) >= 11 is 0. The van der Waals surface area contributed by atoms with Gasteiger partial charge in [-0.05, 0) is 22.8 Å². The Kier molecular flexibility index (Phi) is 4.11. The summed E-state index contributed by atoms with van der Waals surface area (Å²) in [6.07, 6.45) is 7.05. The van der Waals surface area contributed by atoms with E-state index >= 15 is 0 Å². The number of fused-ring (bicyclic) bond motifs is 2. The average molecular weight is 390 g/mol. The zero-order valence-corrected chi connectivity index (χ0v) is 15.9. The number of hydrogen-bond donors (Lipinski definition) is 2. The molecule has 9 heteroatoms. The molecule has 0 saturated carbocycles. The lowest BCUT2D eigenvalue weighted by atomic mass is 10.2. The van der Waals surface area contributed by atoms with Gasteiger partial charge in [0.15, 0.2) is 23.5 Å². The molecule has 4 heterocycles. The van der Waals surface area contributed by atoms with Crippen LogP contribution in [0.5, 0.6) is 5.75 Å². The van der Waals surface area contributed by atoms with Crippen LogP contribution < -0.4 is 19.5 Å². The number of likely N-dealkylation sites (N-methyl/N-ethyl adjacent to an activating group) is 1. The predicted octanol–water partition coefficient (Wildman–Crippen LogP) is 2.06. The highest BCUT2D eigenvalue weighted by molar-refractivity contribution is 6.38. The second-order valence-electron chi connectivity index (χ2n) is 6.92. The normalized spacial score (nSPS) is 21.8. The molecule has 2 aromatic rings. The number of nitrogens with zero attached hydrogens (tertiary/aromatic N) is 6. The molecule has 0 saturated heterocycles. The van der Waals surface area contributed by atoms with Gasteiger partial charge >= 0.3 is 0 Å². The SMILES string of the molecule is CN1CCOc2cc([N+]34C=CN=CC3=NC(Nc3ccc(CO)cc3)=N4)cnc21. The number of aliphatic hydroxyl groups is 1. The Labute approximate surface area is 167 Å². The molecular weight excluding hydrogens is 370 g/mol. The molecule has 0 bridgehead atoms. The van der Waals surface area contributed by atoms with Crippen LogP contribution in [0.25, 0.3) is 0 Å². The van der Waals surface area contributed by atoms with E-state index in [4.69, 9.17) is 9.84 Å². The van der Waals surface area contributed by atoms with Gasteiger partial charge in [0.25, 0.3) is 11.8 Å². The van der Waals surface area contributed by atoms with Crippen molar-refractivity contribution in [3.63, 3.8) is 0 Å². The zero-order valence-electron chi connectivity index (χ0n) is 15.9. The number of aliphatic imine (C=N–C) groups is 2. The molecule has 3 aliphatic rings. The molecule has 0 radical (unpaired) electrons. The van der Waals surface area contributed by atoms with Crippen LogP contribution in [0.3, 0.4) is 0 Å². The van der Waals surface area contributed by atoms with Crippen molar-refractivity contribution < 1.29 is 9.84 Å². The lowest BCUT2D eigenvalue weighted by Gasteiger charge is -2.28. The van der Waals surface area contributed by atoms with Crippen molar-refractivity contribution in [1.82, 2.24) is 9.58 Å². The van der Waals surface area contributed by atoms with Crippen LogP contribution in [0.4, 0.5) is 17.2 Å². The molecule has 0 fully saturated rings. The number of aromatic nitrogens is 1. The van der Waals surface area contributed by atoms with E-state index in [2.05, 4.69) is 25.2 Å². The lowest BCUT2D eigenvalue weighted by Crippen LogP contribution is -2.44. The van der Waals surface area contributed by atoms with Crippen LogP contribution in [0.1, 0.15) is 5.56 Å². The zero-order chi connectivity index (χ0) is 19.8. The van der Waals surface area contributed by atoms with Crippen LogP contribution in [0.15, 0.2) is 64.0 Å². The van der Waals surface area contributed by atoms with Crippen molar-refractivity contribution in [3.05, 3.63) is 54.5 Å². The standard InChI is InChI=1S/C20H20N7O2/c1-26-7-9-29-17-10-16(11-22-19(17)26)27-8-6-21-12-18(27)24-20(25-27)23-15-4-2-14(13-28)3-5-15/h2-6,8,10-12,28H,7,9,13H2,1H3,(H,23,25)/q+1. The number of pyridine rings is 1. The number of rotatable bonds is 3. The molecular formula is C20H20N7O2+. The summed E-state index contributed by atoms with van der Waals surface area (Å²) < 4.78 is 5.85. The Morgan fingerprint density at radius 3 is 2.97 bits per heavy atom. The topological polar surface area (TPSA) is 94.7 Å². The van der Waals surface area contributed by atoms with Gasteiger partial charge in [-0.15, -0.1) is 0 Å². The predicted molar refractivity (Wildman–Crippen MR) is 113 cm³/mol. The van der Waals surface area contributed by atoms with E-state index in [0.717, 1.165) is 35.1 Å². The first-order valence-electron chi connectivity index (χ1n) is 9.28. The fourth-order valence-electron chi connectivity index (χ4n) is 3.44. The number of guanidine groups is 1. The molecule has 2 N–H and O–H groups in total. The molecule has 1 aromatic heterocycles. The average Bonchev–Trinajstić information content (AvgIpc) is 3.13. The minimum absolute atomic E-state index is 0.00732. The molecule has 1 aromatic carbocycles. The molecule has 146 valence electrons. The minimum atomic E-state index is 0.00732. The third kappa shape index (κ3) is 2.96. The van der Waals surface area contributed by atoms with Gasteiger partial charge in [0, 0.05) is 12.7 Å². The minimum Gasteiger partial charge on any atom is -0.488 e. The van der Waals surface area contributed by atoms with E-state index < -0.39 is 0 Å².